The number of imidazole rings is 1. The minimum absolute atomic E-state index is 0.197. The number of amides is 1. The van der Waals surface area contributed by atoms with E-state index >= 15 is 0 Å². The molecule has 0 saturated carbocycles. The molecule has 1 fully saturated rings. The number of piperidine rings is 1. The second kappa shape index (κ2) is 9.64. The van der Waals surface area contributed by atoms with Crippen LogP contribution in [-0.4, -0.2) is 46.5 Å². The van der Waals surface area contributed by atoms with Crippen molar-refractivity contribution in [3.63, 3.8) is 0 Å². The van der Waals surface area contributed by atoms with Gasteiger partial charge in [-0.15, -0.1) is 0 Å². The van der Waals surface area contributed by atoms with E-state index < -0.39 is 15.3 Å². The Labute approximate surface area is 193 Å². The number of sulfonamides is 1. The molecule has 1 saturated heterocycles. The van der Waals surface area contributed by atoms with Crippen molar-refractivity contribution in [2.45, 2.75) is 55.0 Å². The predicted octanol–water partition coefficient (Wildman–Crippen LogP) is 4.35. The van der Waals surface area contributed by atoms with Crippen LogP contribution in [0.4, 0.5) is 5.69 Å². The summed E-state index contributed by atoms with van der Waals surface area (Å²) in [5.74, 6) is -0.197. The van der Waals surface area contributed by atoms with Crippen LogP contribution >= 0.6 is 11.8 Å². The van der Waals surface area contributed by atoms with Gasteiger partial charge >= 0.3 is 0 Å². The highest BCUT2D eigenvalue weighted by Gasteiger charge is 2.26. The first kappa shape index (κ1) is 22.8. The third-order valence-electron chi connectivity index (χ3n) is 5.64. The van der Waals surface area contributed by atoms with Crippen LogP contribution in [0.3, 0.4) is 0 Å². The molecule has 0 aliphatic carbocycles. The fourth-order valence-corrected chi connectivity index (χ4v) is 6.44. The number of nitrogens with one attached hydrogen (secondary N) is 1. The van der Waals surface area contributed by atoms with Crippen molar-refractivity contribution in [2.24, 2.45) is 0 Å². The van der Waals surface area contributed by atoms with Gasteiger partial charge in [-0.2, -0.15) is 4.31 Å². The van der Waals surface area contributed by atoms with E-state index in [1.807, 2.05) is 31.2 Å². The van der Waals surface area contributed by atoms with Crippen LogP contribution in [0.5, 0.6) is 0 Å². The van der Waals surface area contributed by atoms with Crippen LogP contribution in [-0.2, 0) is 21.4 Å². The minimum Gasteiger partial charge on any atom is -0.325 e. The number of fused-ring (bicyclic) bond motifs is 1. The molecule has 32 heavy (non-hydrogen) atoms. The van der Waals surface area contributed by atoms with Gasteiger partial charge in [-0.1, -0.05) is 36.4 Å². The second-order valence-corrected chi connectivity index (χ2v) is 11.1. The number of nitrogens with zero attached hydrogens (tertiary/aromatic N) is 3. The highest BCUT2D eigenvalue weighted by molar-refractivity contribution is 8.00. The summed E-state index contributed by atoms with van der Waals surface area (Å²) in [5, 5.41) is 3.26. The fourth-order valence-electron chi connectivity index (χ4n) is 3.89. The molecule has 2 aromatic carbocycles. The average molecular weight is 473 g/mol. The van der Waals surface area contributed by atoms with Crippen molar-refractivity contribution >= 4 is 44.4 Å². The van der Waals surface area contributed by atoms with E-state index in [-0.39, 0.29) is 10.8 Å². The van der Waals surface area contributed by atoms with Crippen molar-refractivity contribution in [1.82, 2.24) is 13.9 Å². The summed E-state index contributed by atoms with van der Waals surface area (Å²) in [6.45, 7) is 5.73. The van der Waals surface area contributed by atoms with Crippen molar-refractivity contribution in [1.29, 1.82) is 0 Å². The molecule has 1 aliphatic heterocycles. The van der Waals surface area contributed by atoms with Crippen LogP contribution < -0.4 is 5.32 Å². The summed E-state index contributed by atoms with van der Waals surface area (Å²) in [6.07, 6.45) is 2.82. The molecule has 4 rings (SSSR count). The molecule has 0 bridgehead atoms. The van der Waals surface area contributed by atoms with E-state index in [0.717, 1.165) is 42.0 Å². The zero-order valence-electron chi connectivity index (χ0n) is 18.3. The maximum Gasteiger partial charge on any atom is 0.243 e. The van der Waals surface area contributed by atoms with Gasteiger partial charge in [0.05, 0.1) is 21.2 Å². The Morgan fingerprint density at radius 3 is 2.62 bits per heavy atom. The maximum absolute atomic E-state index is 13.0. The average Bonchev–Trinajstić information content (AvgIpc) is 3.16. The van der Waals surface area contributed by atoms with Crippen molar-refractivity contribution in [3.8, 4) is 0 Å². The summed E-state index contributed by atoms with van der Waals surface area (Å²) in [5.41, 5.74) is 2.42. The number of hydrogen-bond acceptors (Lipinski definition) is 5. The molecule has 2 heterocycles. The van der Waals surface area contributed by atoms with Crippen LogP contribution in [0.15, 0.2) is 58.6 Å². The molecule has 9 heteroatoms. The molecule has 1 aromatic heterocycles. The number of hydrogen-bond donors (Lipinski definition) is 1. The first-order valence-corrected chi connectivity index (χ1v) is 13.2. The summed E-state index contributed by atoms with van der Waals surface area (Å²) in [7, 11) is -3.55. The number of thioether (sulfide) groups is 1. The normalized spacial score (nSPS) is 16.2. The Morgan fingerprint density at radius 2 is 1.88 bits per heavy atom. The van der Waals surface area contributed by atoms with Crippen LogP contribution in [0.2, 0.25) is 0 Å². The van der Waals surface area contributed by atoms with E-state index in [4.69, 9.17) is 0 Å². The molecule has 170 valence electrons. The summed E-state index contributed by atoms with van der Waals surface area (Å²) >= 11 is 1.39. The van der Waals surface area contributed by atoms with Gasteiger partial charge in [-0.3, -0.25) is 4.79 Å². The molecule has 1 aliphatic rings. The number of carbonyl (C=O) groups excluding carboxylic acids is 1. The standard InChI is InChI=1S/C23H28N4O3S2/c1-3-27-21-13-6-5-12-20(21)25-23(27)31-17(2)22(28)24-18-10-9-11-19(16-18)32(29,30)26-14-7-4-8-15-26/h5-6,9-13,16-17H,3-4,7-8,14-15H2,1-2H3,(H,24,28)/t17-/m0/s1. The molecular formula is C23H28N4O3S2. The van der Waals surface area contributed by atoms with Gasteiger partial charge in [-0.25, -0.2) is 13.4 Å². The topological polar surface area (TPSA) is 84.3 Å². The number of benzene rings is 2. The summed E-state index contributed by atoms with van der Waals surface area (Å²) in [6, 6.07) is 14.4. The molecule has 1 atom stereocenters. The molecule has 0 spiro atoms. The number of aromatic nitrogens is 2. The van der Waals surface area contributed by atoms with E-state index in [1.54, 1.807) is 24.3 Å². The number of anilines is 1. The SMILES string of the molecule is CCn1c(S[C@@H](C)C(=O)Nc2cccc(S(=O)(=O)N3CCCCC3)c2)nc2ccccc21. The van der Waals surface area contributed by atoms with Crippen LogP contribution in [0.25, 0.3) is 11.0 Å². The van der Waals surface area contributed by atoms with Crippen molar-refractivity contribution in [3.05, 3.63) is 48.5 Å². The van der Waals surface area contributed by atoms with Crippen LogP contribution in [0, 0.1) is 0 Å². The van der Waals surface area contributed by atoms with Gasteiger partial charge in [0.25, 0.3) is 0 Å². The third kappa shape index (κ3) is 4.69. The smallest absolute Gasteiger partial charge is 0.243 e. The molecule has 0 radical (unpaired) electrons. The lowest BCUT2D eigenvalue weighted by Gasteiger charge is -2.26. The van der Waals surface area contributed by atoms with Crippen LogP contribution in [0.1, 0.15) is 33.1 Å². The minimum atomic E-state index is -3.55. The highest BCUT2D eigenvalue weighted by Crippen LogP contribution is 2.28. The lowest BCUT2D eigenvalue weighted by Crippen LogP contribution is -2.35. The number of para-hydroxylation sites is 2. The second-order valence-electron chi connectivity index (χ2n) is 7.87. The molecular weight excluding hydrogens is 444 g/mol. The van der Waals surface area contributed by atoms with Gasteiger partial charge in [0.15, 0.2) is 5.16 Å². The Hall–Kier alpha value is -2.36. The molecule has 1 N–H and O–H groups in total. The molecule has 1 amide bonds. The van der Waals surface area contributed by atoms with Crippen molar-refractivity contribution in [2.75, 3.05) is 18.4 Å². The number of rotatable bonds is 7. The number of aryl methyl sites for hydroxylation is 1. The zero-order chi connectivity index (χ0) is 22.7. The molecule has 3 aromatic rings. The highest BCUT2D eigenvalue weighted by atomic mass is 32.2. The third-order valence-corrected chi connectivity index (χ3v) is 8.63. The van der Waals surface area contributed by atoms with E-state index in [1.165, 1.54) is 16.1 Å². The van der Waals surface area contributed by atoms with E-state index in [9.17, 15) is 13.2 Å². The monoisotopic (exact) mass is 472 g/mol. The molecule has 7 nitrogen and oxygen atoms in total. The lowest BCUT2D eigenvalue weighted by molar-refractivity contribution is -0.115. The summed E-state index contributed by atoms with van der Waals surface area (Å²) in [4.78, 5) is 17.8. The van der Waals surface area contributed by atoms with Gasteiger partial charge in [0.1, 0.15) is 0 Å². The van der Waals surface area contributed by atoms with Gasteiger partial charge < -0.3 is 9.88 Å². The molecule has 0 unspecified atom stereocenters. The Kier molecular flexibility index (Phi) is 6.88. The zero-order valence-corrected chi connectivity index (χ0v) is 20.0. The first-order valence-electron chi connectivity index (χ1n) is 10.9. The fraction of sp³-hybridized carbons (Fsp3) is 0.391. The van der Waals surface area contributed by atoms with E-state index in [2.05, 4.69) is 21.8 Å². The Bertz CT molecular complexity index is 1220. The van der Waals surface area contributed by atoms with Gasteiger partial charge in [0, 0.05) is 25.3 Å². The Balaban J connectivity index is 1.48. The summed E-state index contributed by atoms with van der Waals surface area (Å²) < 4.78 is 29.5. The van der Waals surface area contributed by atoms with Gasteiger partial charge in [0.2, 0.25) is 15.9 Å². The van der Waals surface area contributed by atoms with E-state index in [0.29, 0.717) is 18.8 Å². The first-order chi connectivity index (χ1) is 15.4. The van der Waals surface area contributed by atoms with Gasteiger partial charge in [-0.05, 0) is 57.0 Å². The number of carbonyl (C=O) groups is 1. The largest absolute Gasteiger partial charge is 0.325 e. The van der Waals surface area contributed by atoms with Crippen molar-refractivity contribution < 1.29 is 13.2 Å². The Morgan fingerprint density at radius 1 is 1.12 bits per heavy atom. The quantitative estimate of drug-likeness (QED) is 0.517. The maximum atomic E-state index is 13.0. The predicted molar refractivity (Wildman–Crippen MR) is 128 cm³/mol. The lowest BCUT2D eigenvalue weighted by atomic mass is 10.2.